The zero-order valence-electron chi connectivity index (χ0n) is 14.0. The number of likely N-dealkylation sites (N-methyl/N-ethyl adjacent to an activating group) is 1. The van der Waals surface area contributed by atoms with Crippen LogP contribution in [0.3, 0.4) is 0 Å². The fourth-order valence-electron chi connectivity index (χ4n) is 3.34. The highest BCUT2D eigenvalue weighted by Crippen LogP contribution is 2.36. The first-order valence-corrected chi connectivity index (χ1v) is 8.43. The summed E-state index contributed by atoms with van der Waals surface area (Å²) in [6, 6.07) is 0.767. The van der Waals surface area contributed by atoms with Gasteiger partial charge in [0.1, 0.15) is 0 Å². The highest BCUT2D eigenvalue weighted by molar-refractivity contribution is 4.81. The lowest BCUT2D eigenvalue weighted by molar-refractivity contribution is 0.213. The van der Waals surface area contributed by atoms with E-state index < -0.39 is 0 Å². The lowest BCUT2D eigenvalue weighted by Gasteiger charge is -2.29. The van der Waals surface area contributed by atoms with Gasteiger partial charge in [0.2, 0.25) is 0 Å². The third-order valence-corrected chi connectivity index (χ3v) is 4.95. The molecule has 114 valence electrons. The third-order valence-electron chi connectivity index (χ3n) is 4.95. The summed E-state index contributed by atoms with van der Waals surface area (Å²) < 4.78 is 0. The van der Waals surface area contributed by atoms with Gasteiger partial charge in [0.25, 0.3) is 0 Å². The van der Waals surface area contributed by atoms with E-state index in [1.807, 2.05) is 0 Å². The minimum Gasteiger partial charge on any atom is -0.313 e. The summed E-state index contributed by atoms with van der Waals surface area (Å²) in [4.78, 5) is 2.50. The van der Waals surface area contributed by atoms with E-state index >= 15 is 0 Å². The number of rotatable bonds is 6. The van der Waals surface area contributed by atoms with Gasteiger partial charge < -0.3 is 10.2 Å². The first-order chi connectivity index (χ1) is 8.97. The molecule has 0 spiro atoms. The predicted molar refractivity (Wildman–Crippen MR) is 85.6 cm³/mol. The highest BCUT2D eigenvalue weighted by Gasteiger charge is 2.27. The van der Waals surface area contributed by atoms with Crippen LogP contribution in [0, 0.1) is 11.3 Å². The lowest BCUT2D eigenvalue weighted by Crippen LogP contribution is -2.37. The molecule has 0 aromatic heterocycles. The van der Waals surface area contributed by atoms with Gasteiger partial charge in [-0.2, -0.15) is 0 Å². The van der Waals surface area contributed by atoms with Crippen LogP contribution in [0.15, 0.2) is 0 Å². The van der Waals surface area contributed by atoms with Gasteiger partial charge in [0, 0.05) is 19.1 Å². The maximum Gasteiger partial charge on any atom is 0.0107 e. The van der Waals surface area contributed by atoms with Crippen molar-refractivity contribution in [3.8, 4) is 0 Å². The monoisotopic (exact) mass is 268 g/mol. The first kappa shape index (κ1) is 17.0. The molecule has 0 bridgehead atoms. The maximum absolute atomic E-state index is 3.79. The van der Waals surface area contributed by atoms with Crippen LogP contribution < -0.4 is 5.32 Å². The molecule has 0 aromatic rings. The minimum atomic E-state index is 0.496. The van der Waals surface area contributed by atoms with Crippen LogP contribution in [0.1, 0.15) is 66.7 Å². The average molecular weight is 268 g/mol. The summed E-state index contributed by atoms with van der Waals surface area (Å²) in [6.45, 7) is 16.4. The molecule has 1 aliphatic rings. The third kappa shape index (κ3) is 6.27. The highest BCUT2D eigenvalue weighted by atomic mass is 15.1. The predicted octanol–water partition coefficient (Wildman–Crippen LogP) is 3.91. The molecule has 0 amide bonds. The summed E-state index contributed by atoms with van der Waals surface area (Å²) in [5.41, 5.74) is 0.496. The summed E-state index contributed by atoms with van der Waals surface area (Å²) in [5.74, 6) is 0.919. The van der Waals surface area contributed by atoms with Crippen LogP contribution in [0.25, 0.3) is 0 Å². The van der Waals surface area contributed by atoms with E-state index in [4.69, 9.17) is 0 Å². The van der Waals surface area contributed by atoms with Crippen LogP contribution in [0.5, 0.6) is 0 Å². The molecule has 2 unspecified atom stereocenters. The molecule has 0 aliphatic heterocycles. The molecule has 19 heavy (non-hydrogen) atoms. The van der Waals surface area contributed by atoms with Crippen molar-refractivity contribution in [1.29, 1.82) is 0 Å². The van der Waals surface area contributed by atoms with E-state index in [1.54, 1.807) is 0 Å². The number of nitrogens with one attached hydrogen (secondary N) is 1. The summed E-state index contributed by atoms with van der Waals surface area (Å²) in [7, 11) is 0. The van der Waals surface area contributed by atoms with Crippen molar-refractivity contribution in [2.24, 2.45) is 11.3 Å². The van der Waals surface area contributed by atoms with Gasteiger partial charge in [-0.1, -0.05) is 41.0 Å². The molecule has 0 aromatic carbocycles. The molecule has 1 fully saturated rings. The molecule has 2 atom stereocenters. The van der Waals surface area contributed by atoms with E-state index in [1.165, 1.54) is 51.7 Å². The van der Waals surface area contributed by atoms with Crippen LogP contribution in [-0.2, 0) is 0 Å². The van der Waals surface area contributed by atoms with Gasteiger partial charge in [0.15, 0.2) is 0 Å². The molecule has 0 saturated heterocycles. The largest absolute Gasteiger partial charge is 0.313 e. The van der Waals surface area contributed by atoms with Gasteiger partial charge in [-0.25, -0.2) is 0 Å². The Morgan fingerprint density at radius 3 is 2.26 bits per heavy atom. The quantitative estimate of drug-likeness (QED) is 0.735. The second-order valence-corrected chi connectivity index (χ2v) is 7.25. The Balaban J connectivity index is 2.26. The molecule has 1 aliphatic carbocycles. The summed E-state index contributed by atoms with van der Waals surface area (Å²) >= 11 is 0. The molecular weight excluding hydrogens is 232 g/mol. The number of nitrogens with zero attached hydrogens (tertiary/aromatic N) is 1. The van der Waals surface area contributed by atoms with Crippen LogP contribution >= 0.6 is 0 Å². The molecule has 0 radical (unpaired) electrons. The zero-order chi connectivity index (χ0) is 14.3. The van der Waals surface area contributed by atoms with Crippen LogP contribution in [-0.4, -0.2) is 37.1 Å². The molecule has 0 heterocycles. The Kier molecular flexibility index (Phi) is 7.38. The second kappa shape index (κ2) is 8.26. The lowest BCUT2D eigenvalue weighted by atomic mass is 9.76. The van der Waals surface area contributed by atoms with Crippen molar-refractivity contribution in [2.75, 3.05) is 26.2 Å². The van der Waals surface area contributed by atoms with Crippen molar-refractivity contribution >= 4 is 0 Å². The molecule has 1 N–H and O–H groups in total. The van der Waals surface area contributed by atoms with Crippen molar-refractivity contribution in [2.45, 2.75) is 72.8 Å². The Bertz CT molecular complexity index is 228. The molecular formula is C17H36N2. The fourth-order valence-corrected chi connectivity index (χ4v) is 3.34. The van der Waals surface area contributed by atoms with Crippen molar-refractivity contribution in [3.05, 3.63) is 0 Å². The number of hydrogen-bond acceptors (Lipinski definition) is 2. The normalized spacial score (nSPS) is 25.6. The van der Waals surface area contributed by atoms with E-state index in [0.29, 0.717) is 5.41 Å². The van der Waals surface area contributed by atoms with Crippen molar-refractivity contribution in [3.63, 3.8) is 0 Å². The van der Waals surface area contributed by atoms with Gasteiger partial charge in [-0.05, 0) is 50.1 Å². The maximum atomic E-state index is 3.79. The minimum absolute atomic E-state index is 0.496. The Hall–Kier alpha value is -0.0800. The first-order valence-electron chi connectivity index (χ1n) is 8.43. The zero-order valence-corrected chi connectivity index (χ0v) is 14.0. The smallest absolute Gasteiger partial charge is 0.0107 e. The summed E-state index contributed by atoms with van der Waals surface area (Å²) in [5, 5.41) is 3.79. The van der Waals surface area contributed by atoms with Gasteiger partial charge >= 0.3 is 0 Å². The van der Waals surface area contributed by atoms with E-state index in [2.05, 4.69) is 44.8 Å². The summed E-state index contributed by atoms with van der Waals surface area (Å²) in [6.07, 6.45) is 7.00. The Morgan fingerprint density at radius 1 is 1.00 bits per heavy atom. The molecule has 2 nitrogen and oxygen atoms in total. The fraction of sp³-hybridized carbons (Fsp3) is 1.00. The molecule has 1 saturated carbocycles. The van der Waals surface area contributed by atoms with Gasteiger partial charge in [-0.15, -0.1) is 0 Å². The van der Waals surface area contributed by atoms with E-state index in [0.717, 1.165) is 18.5 Å². The second-order valence-electron chi connectivity index (χ2n) is 7.25. The molecule has 2 heteroatoms. The Labute approximate surface area is 121 Å². The SMILES string of the molecule is CCN(CC)CCNC1CCCC(C(C)(C)C)CC1. The number of hydrogen-bond donors (Lipinski definition) is 1. The Morgan fingerprint density at radius 2 is 1.68 bits per heavy atom. The standard InChI is InChI=1S/C17H36N2/c1-6-19(7-2)14-13-18-16-10-8-9-15(11-12-16)17(3,4)5/h15-16,18H,6-14H2,1-5H3. The van der Waals surface area contributed by atoms with Crippen LogP contribution in [0.2, 0.25) is 0 Å². The van der Waals surface area contributed by atoms with Crippen molar-refractivity contribution in [1.82, 2.24) is 10.2 Å². The van der Waals surface area contributed by atoms with E-state index in [9.17, 15) is 0 Å². The van der Waals surface area contributed by atoms with E-state index in [-0.39, 0.29) is 0 Å². The van der Waals surface area contributed by atoms with Gasteiger partial charge in [0.05, 0.1) is 0 Å². The molecule has 1 rings (SSSR count). The van der Waals surface area contributed by atoms with Gasteiger partial charge in [-0.3, -0.25) is 0 Å². The van der Waals surface area contributed by atoms with Crippen LogP contribution in [0.4, 0.5) is 0 Å². The average Bonchev–Trinajstić information content (AvgIpc) is 2.60. The van der Waals surface area contributed by atoms with Crippen molar-refractivity contribution < 1.29 is 0 Å². The topological polar surface area (TPSA) is 15.3 Å².